The Morgan fingerprint density at radius 2 is 2.18 bits per heavy atom. The van der Waals surface area contributed by atoms with E-state index in [1.165, 1.54) is 20.0 Å². The predicted octanol–water partition coefficient (Wildman–Crippen LogP) is -1.70. The Morgan fingerprint density at radius 3 is 2.73 bits per heavy atom. The molecule has 4 N–H and O–H groups in total. The molecule has 1 aliphatic heterocycles. The van der Waals surface area contributed by atoms with Gasteiger partial charge >= 0.3 is 5.69 Å². The Balaban J connectivity index is 2.39. The van der Waals surface area contributed by atoms with Crippen molar-refractivity contribution in [2.75, 3.05) is 6.61 Å². The van der Waals surface area contributed by atoms with Gasteiger partial charge in [-0.2, -0.15) is 0 Å². The fraction of sp³-hybridized carbons (Fsp3) is 0.571. The molecule has 0 unspecified atom stereocenters. The van der Waals surface area contributed by atoms with E-state index in [9.17, 15) is 19.8 Å². The summed E-state index contributed by atoms with van der Waals surface area (Å²) in [7, 11) is 0. The zero-order valence-corrected chi connectivity index (χ0v) is 12.2. The van der Waals surface area contributed by atoms with Crippen LogP contribution < -0.4 is 11.2 Å². The Labute approximate surface area is 126 Å². The minimum atomic E-state index is -1.28. The van der Waals surface area contributed by atoms with Crippen LogP contribution in [0, 0.1) is 11.8 Å². The average molecular weight is 310 g/mol. The number of aromatic amines is 1. The molecule has 2 heterocycles. The Bertz CT molecular complexity index is 718. The summed E-state index contributed by atoms with van der Waals surface area (Å²) in [5.74, 6) is 4.99. The lowest BCUT2D eigenvalue weighted by Gasteiger charge is -2.14. The number of nitrogens with zero attached hydrogens (tertiary/aromatic N) is 1. The largest absolute Gasteiger partial charge is 0.394 e. The summed E-state index contributed by atoms with van der Waals surface area (Å²) < 4.78 is 6.48. The lowest BCUT2D eigenvalue weighted by Crippen LogP contribution is -2.33. The van der Waals surface area contributed by atoms with Crippen molar-refractivity contribution in [3.63, 3.8) is 0 Å². The third-order valence-electron chi connectivity index (χ3n) is 3.17. The summed E-state index contributed by atoms with van der Waals surface area (Å²) >= 11 is 0. The molecule has 120 valence electrons. The maximum Gasteiger partial charge on any atom is 0.330 e. The second kappa shape index (κ2) is 6.06. The first-order chi connectivity index (χ1) is 10.2. The lowest BCUT2D eigenvalue weighted by atomic mass is 10.1. The molecular formula is C14H18N2O6. The molecule has 0 aromatic carbocycles. The van der Waals surface area contributed by atoms with Crippen molar-refractivity contribution >= 4 is 0 Å². The predicted molar refractivity (Wildman–Crippen MR) is 76.1 cm³/mol. The number of H-pyrrole nitrogens is 1. The lowest BCUT2D eigenvalue weighted by molar-refractivity contribution is -0.0459. The zero-order chi connectivity index (χ0) is 16.5. The van der Waals surface area contributed by atoms with Crippen LogP contribution in [0.25, 0.3) is 0 Å². The molecule has 8 heteroatoms. The first kappa shape index (κ1) is 16.5. The zero-order valence-electron chi connectivity index (χ0n) is 12.2. The fourth-order valence-electron chi connectivity index (χ4n) is 2.06. The summed E-state index contributed by atoms with van der Waals surface area (Å²) in [6, 6.07) is 0. The van der Waals surface area contributed by atoms with Crippen LogP contribution in [0.4, 0.5) is 0 Å². The molecule has 3 atom stereocenters. The number of aliphatic hydroxyl groups is 3. The molecule has 1 fully saturated rings. The van der Waals surface area contributed by atoms with Gasteiger partial charge in [0.1, 0.15) is 23.5 Å². The highest BCUT2D eigenvalue weighted by Gasteiger charge is 2.35. The number of ether oxygens (including phenoxy) is 1. The van der Waals surface area contributed by atoms with Gasteiger partial charge in [-0.3, -0.25) is 14.3 Å². The molecule has 1 aromatic rings. The van der Waals surface area contributed by atoms with Crippen molar-refractivity contribution in [3.8, 4) is 11.8 Å². The van der Waals surface area contributed by atoms with Crippen molar-refractivity contribution in [2.24, 2.45) is 0 Å². The van der Waals surface area contributed by atoms with Crippen molar-refractivity contribution in [1.82, 2.24) is 9.55 Å². The minimum Gasteiger partial charge on any atom is -0.394 e. The van der Waals surface area contributed by atoms with Crippen LogP contribution in [-0.4, -0.2) is 49.3 Å². The molecule has 0 radical (unpaired) electrons. The van der Waals surface area contributed by atoms with Crippen molar-refractivity contribution in [3.05, 3.63) is 32.6 Å². The fourth-order valence-corrected chi connectivity index (χ4v) is 2.06. The number of nitrogens with one attached hydrogen (secondary N) is 1. The maximum absolute atomic E-state index is 11.9. The Kier molecular flexibility index (Phi) is 4.53. The topological polar surface area (TPSA) is 125 Å². The van der Waals surface area contributed by atoms with Gasteiger partial charge in [-0.1, -0.05) is 11.8 Å². The van der Waals surface area contributed by atoms with E-state index in [0.717, 1.165) is 4.57 Å². The smallest absolute Gasteiger partial charge is 0.330 e. The van der Waals surface area contributed by atoms with Gasteiger partial charge in [0.2, 0.25) is 0 Å². The maximum atomic E-state index is 11.9. The van der Waals surface area contributed by atoms with Gasteiger partial charge in [0.15, 0.2) is 0 Å². The molecule has 8 nitrogen and oxygen atoms in total. The van der Waals surface area contributed by atoms with E-state index in [-0.39, 0.29) is 18.6 Å². The first-order valence-corrected chi connectivity index (χ1v) is 6.76. The molecule has 0 amide bonds. The van der Waals surface area contributed by atoms with E-state index in [2.05, 4.69) is 16.8 Å². The van der Waals surface area contributed by atoms with Crippen LogP contribution in [-0.2, 0) is 4.74 Å². The quantitative estimate of drug-likeness (QED) is 0.483. The summed E-state index contributed by atoms with van der Waals surface area (Å²) in [5.41, 5.74) is -2.66. The molecule has 0 spiro atoms. The van der Waals surface area contributed by atoms with E-state index >= 15 is 0 Å². The number of hydrogen-bond donors (Lipinski definition) is 4. The summed E-state index contributed by atoms with van der Waals surface area (Å²) in [5, 5.41) is 28.3. The molecule has 0 aliphatic carbocycles. The van der Waals surface area contributed by atoms with E-state index in [4.69, 9.17) is 9.84 Å². The van der Waals surface area contributed by atoms with Gasteiger partial charge in [0.05, 0.1) is 12.7 Å². The average Bonchev–Trinajstić information content (AvgIpc) is 2.77. The van der Waals surface area contributed by atoms with Gasteiger partial charge in [-0.25, -0.2) is 4.79 Å². The number of aromatic nitrogens is 2. The van der Waals surface area contributed by atoms with Crippen molar-refractivity contribution in [1.29, 1.82) is 0 Å². The van der Waals surface area contributed by atoms with E-state index < -0.39 is 35.3 Å². The highest BCUT2D eigenvalue weighted by atomic mass is 16.5. The monoisotopic (exact) mass is 310 g/mol. The summed E-state index contributed by atoms with van der Waals surface area (Å²) in [6.07, 6.45) is -1.17. The molecule has 1 saturated heterocycles. The molecule has 0 bridgehead atoms. The normalized spacial score (nSPS) is 24.9. The van der Waals surface area contributed by atoms with Gasteiger partial charge in [0.25, 0.3) is 5.56 Å². The van der Waals surface area contributed by atoms with Gasteiger partial charge in [-0.05, 0) is 13.8 Å². The molecule has 1 aromatic heterocycles. The number of hydrogen-bond acceptors (Lipinski definition) is 6. The summed E-state index contributed by atoms with van der Waals surface area (Å²) in [6.45, 7) is 2.56. The number of rotatable bonds is 2. The Morgan fingerprint density at radius 1 is 1.50 bits per heavy atom. The van der Waals surface area contributed by atoms with Crippen molar-refractivity contribution in [2.45, 2.75) is 44.3 Å². The second-order valence-corrected chi connectivity index (χ2v) is 5.63. The molecule has 0 saturated carbocycles. The van der Waals surface area contributed by atoms with E-state index in [1.54, 1.807) is 0 Å². The van der Waals surface area contributed by atoms with Gasteiger partial charge in [0, 0.05) is 12.6 Å². The molecule has 2 rings (SSSR count). The Hall–Kier alpha value is -1.92. The third kappa shape index (κ3) is 3.64. The minimum absolute atomic E-state index is 0.00716. The van der Waals surface area contributed by atoms with Crippen molar-refractivity contribution < 1.29 is 20.1 Å². The highest BCUT2D eigenvalue weighted by Crippen LogP contribution is 2.27. The standard InChI is InChI=1S/C14H18N2O6/c1-14(2,21)4-3-8-6-16(13(20)15-12(8)19)11-5-9(18)10(7-17)22-11/h6,9-11,17-18,21H,5,7H2,1-2H3,(H,15,19,20)/t9-,10+,11+/m0/s1. The second-order valence-electron chi connectivity index (χ2n) is 5.63. The molecular weight excluding hydrogens is 292 g/mol. The van der Waals surface area contributed by atoms with E-state index in [1.807, 2.05) is 0 Å². The van der Waals surface area contributed by atoms with Crippen LogP contribution in [0.15, 0.2) is 15.8 Å². The van der Waals surface area contributed by atoms with Gasteiger partial charge in [-0.15, -0.1) is 0 Å². The van der Waals surface area contributed by atoms with Gasteiger partial charge < -0.3 is 20.1 Å². The van der Waals surface area contributed by atoms with E-state index in [0.29, 0.717) is 0 Å². The van der Waals surface area contributed by atoms with Crippen LogP contribution in [0.3, 0.4) is 0 Å². The number of aliphatic hydroxyl groups excluding tert-OH is 2. The molecule has 1 aliphatic rings. The molecule has 22 heavy (non-hydrogen) atoms. The van der Waals surface area contributed by atoms with Crippen LogP contribution in [0.1, 0.15) is 32.1 Å². The van der Waals surface area contributed by atoms with Crippen LogP contribution in [0.5, 0.6) is 0 Å². The third-order valence-corrected chi connectivity index (χ3v) is 3.17. The highest BCUT2D eigenvalue weighted by molar-refractivity contribution is 5.32. The summed E-state index contributed by atoms with van der Waals surface area (Å²) in [4.78, 5) is 25.7. The van der Waals surface area contributed by atoms with Crippen LogP contribution >= 0.6 is 0 Å². The first-order valence-electron chi connectivity index (χ1n) is 6.76. The van der Waals surface area contributed by atoms with Crippen LogP contribution in [0.2, 0.25) is 0 Å². The SMILES string of the molecule is CC(C)(O)C#Cc1cn([C@H]2C[C@H](O)[C@@H](CO)O2)c(=O)[nH]c1=O.